The molecule has 1 fully saturated rings. The number of hydrogen-bond donors (Lipinski definition) is 1. The Morgan fingerprint density at radius 2 is 2.13 bits per heavy atom. The van der Waals surface area contributed by atoms with E-state index < -0.39 is 0 Å². The lowest BCUT2D eigenvalue weighted by Gasteiger charge is -1.91. The van der Waals surface area contributed by atoms with E-state index in [1.165, 1.54) is 12.1 Å². The number of H-pyrrole nitrogens is 1. The van der Waals surface area contributed by atoms with Crippen molar-refractivity contribution >= 4 is 16.7 Å². The van der Waals surface area contributed by atoms with E-state index in [1.54, 1.807) is 12.1 Å². The number of carbonyl (C=O) groups is 1. The van der Waals surface area contributed by atoms with Gasteiger partial charge in [0.15, 0.2) is 5.78 Å². The fourth-order valence-electron chi connectivity index (χ4n) is 1.80. The lowest BCUT2D eigenvalue weighted by molar-refractivity contribution is 0.0963. The molecule has 0 atom stereocenters. The van der Waals surface area contributed by atoms with E-state index in [1.807, 2.05) is 0 Å². The average molecular weight is 203 g/mol. The van der Waals surface area contributed by atoms with Crippen LogP contribution in [-0.4, -0.2) is 10.8 Å². The Kier molecular flexibility index (Phi) is 1.69. The van der Waals surface area contributed by atoms with Gasteiger partial charge >= 0.3 is 0 Å². The van der Waals surface area contributed by atoms with E-state index in [9.17, 15) is 9.18 Å². The van der Waals surface area contributed by atoms with E-state index in [0.29, 0.717) is 5.69 Å². The number of rotatable bonds is 2. The van der Waals surface area contributed by atoms with E-state index in [4.69, 9.17) is 0 Å². The van der Waals surface area contributed by atoms with Crippen molar-refractivity contribution in [3.8, 4) is 0 Å². The number of fused-ring (bicyclic) bond motifs is 1. The summed E-state index contributed by atoms with van der Waals surface area (Å²) in [6.45, 7) is 0. The maximum Gasteiger partial charge on any atom is 0.182 e. The van der Waals surface area contributed by atoms with Crippen LogP contribution in [0.2, 0.25) is 0 Å². The van der Waals surface area contributed by atoms with Crippen LogP contribution in [0.25, 0.3) is 10.9 Å². The third kappa shape index (κ3) is 1.44. The van der Waals surface area contributed by atoms with Crippen LogP contribution < -0.4 is 0 Å². The second-order valence-corrected chi connectivity index (χ2v) is 4.05. The summed E-state index contributed by atoms with van der Waals surface area (Å²) in [6.07, 6.45) is 1.98. The smallest absolute Gasteiger partial charge is 0.182 e. The molecule has 1 saturated carbocycles. The first kappa shape index (κ1) is 8.65. The van der Waals surface area contributed by atoms with E-state index in [2.05, 4.69) is 4.98 Å². The minimum Gasteiger partial charge on any atom is -0.352 e. The van der Waals surface area contributed by atoms with E-state index in [0.717, 1.165) is 23.7 Å². The van der Waals surface area contributed by atoms with Crippen molar-refractivity contribution in [1.29, 1.82) is 0 Å². The lowest BCUT2D eigenvalue weighted by atomic mass is 10.2. The number of nitrogens with one attached hydrogen (secondary N) is 1. The van der Waals surface area contributed by atoms with Crippen LogP contribution in [0.5, 0.6) is 0 Å². The zero-order valence-corrected chi connectivity index (χ0v) is 8.09. The highest BCUT2D eigenvalue weighted by Crippen LogP contribution is 2.33. The zero-order chi connectivity index (χ0) is 10.4. The van der Waals surface area contributed by atoms with Crippen molar-refractivity contribution < 1.29 is 9.18 Å². The molecular formula is C12H10FNO. The number of ketones is 1. The van der Waals surface area contributed by atoms with Gasteiger partial charge < -0.3 is 4.98 Å². The van der Waals surface area contributed by atoms with Crippen LogP contribution in [0, 0.1) is 11.7 Å². The average Bonchev–Trinajstić information content (AvgIpc) is 2.97. The Morgan fingerprint density at radius 3 is 2.87 bits per heavy atom. The molecule has 0 bridgehead atoms. The molecule has 1 aliphatic carbocycles. The van der Waals surface area contributed by atoms with Gasteiger partial charge in [-0.2, -0.15) is 0 Å². The van der Waals surface area contributed by atoms with Crippen molar-refractivity contribution in [2.45, 2.75) is 12.8 Å². The minimum absolute atomic E-state index is 0.159. The number of aromatic amines is 1. The van der Waals surface area contributed by atoms with Crippen LogP contribution in [0.3, 0.4) is 0 Å². The Balaban J connectivity index is 2.09. The molecule has 3 heteroatoms. The summed E-state index contributed by atoms with van der Waals surface area (Å²) >= 11 is 0. The van der Waals surface area contributed by atoms with Crippen LogP contribution in [0.4, 0.5) is 4.39 Å². The summed E-state index contributed by atoms with van der Waals surface area (Å²) in [5.74, 6) is 0.0847. The van der Waals surface area contributed by atoms with E-state index in [-0.39, 0.29) is 17.5 Å². The minimum atomic E-state index is -0.271. The van der Waals surface area contributed by atoms with Crippen molar-refractivity contribution in [2.75, 3.05) is 0 Å². The number of halogens is 1. The molecule has 0 aliphatic heterocycles. The van der Waals surface area contributed by atoms with Gasteiger partial charge in [0.05, 0.1) is 5.69 Å². The third-order valence-electron chi connectivity index (χ3n) is 2.80. The summed E-state index contributed by atoms with van der Waals surface area (Å²) in [6, 6.07) is 6.23. The van der Waals surface area contributed by atoms with Crippen molar-refractivity contribution in [2.24, 2.45) is 5.92 Å². The largest absolute Gasteiger partial charge is 0.352 e. The third-order valence-corrected chi connectivity index (χ3v) is 2.80. The first-order chi connectivity index (χ1) is 7.24. The van der Waals surface area contributed by atoms with Crippen LogP contribution in [-0.2, 0) is 0 Å². The normalized spacial score (nSPS) is 15.8. The highest BCUT2D eigenvalue weighted by atomic mass is 19.1. The van der Waals surface area contributed by atoms with Crippen LogP contribution in [0.1, 0.15) is 23.3 Å². The maximum atomic E-state index is 12.9. The van der Waals surface area contributed by atoms with Gasteiger partial charge in [0.25, 0.3) is 0 Å². The molecule has 15 heavy (non-hydrogen) atoms. The molecule has 3 rings (SSSR count). The fraction of sp³-hybridized carbons (Fsp3) is 0.250. The molecule has 0 spiro atoms. The molecule has 1 aromatic heterocycles. The SMILES string of the molecule is O=C(c1cc2cc(F)ccc2[nH]1)C1CC1. The summed E-state index contributed by atoms with van der Waals surface area (Å²) in [5, 5.41) is 0.763. The topological polar surface area (TPSA) is 32.9 Å². The first-order valence-corrected chi connectivity index (χ1v) is 5.06. The first-order valence-electron chi connectivity index (χ1n) is 5.06. The van der Waals surface area contributed by atoms with E-state index >= 15 is 0 Å². The molecular weight excluding hydrogens is 193 g/mol. The maximum absolute atomic E-state index is 12.9. The van der Waals surface area contributed by atoms with Gasteiger partial charge in [0.1, 0.15) is 5.82 Å². The molecule has 0 saturated heterocycles. The second-order valence-electron chi connectivity index (χ2n) is 4.05. The highest BCUT2D eigenvalue weighted by Gasteiger charge is 2.31. The molecule has 2 nitrogen and oxygen atoms in total. The fourth-order valence-corrected chi connectivity index (χ4v) is 1.80. The van der Waals surface area contributed by atoms with Crippen LogP contribution >= 0.6 is 0 Å². The molecule has 1 heterocycles. The molecule has 0 radical (unpaired) electrons. The standard InChI is InChI=1S/C12H10FNO/c13-9-3-4-10-8(5-9)6-11(14-10)12(15)7-1-2-7/h3-7,14H,1-2H2. The van der Waals surface area contributed by atoms with Crippen molar-refractivity contribution in [1.82, 2.24) is 4.98 Å². The van der Waals surface area contributed by atoms with Gasteiger partial charge in [-0.3, -0.25) is 4.79 Å². The molecule has 2 aromatic rings. The Labute approximate surface area is 86.1 Å². The quantitative estimate of drug-likeness (QED) is 0.748. The van der Waals surface area contributed by atoms with Gasteiger partial charge in [-0.05, 0) is 37.1 Å². The predicted molar refractivity (Wildman–Crippen MR) is 55.3 cm³/mol. The van der Waals surface area contributed by atoms with Gasteiger partial charge in [-0.1, -0.05) is 0 Å². The van der Waals surface area contributed by atoms with Crippen molar-refractivity contribution in [3.63, 3.8) is 0 Å². The summed E-state index contributed by atoms with van der Waals surface area (Å²) in [5.41, 5.74) is 1.43. The van der Waals surface area contributed by atoms with Gasteiger partial charge in [0.2, 0.25) is 0 Å². The molecule has 1 aliphatic rings. The van der Waals surface area contributed by atoms with Gasteiger partial charge in [0, 0.05) is 16.8 Å². The monoisotopic (exact) mass is 203 g/mol. The van der Waals surface area contributed by atoms with Crippen molar-refractivity contribution in [3.05, 3.63) is 35.8 Å². The molecule has 0 amide bonds. The lowest BCUT2D eigenvalue weighted by Crippen LogP contribution is -2.00. The summed E-state index contributed by atoms with van der Waals surface area (Å²) in [4.78, 5) is 14.8. The predicted octanol–water partition coefficient (Wildman–Crippen LogP) is 2.90. The molecule has 1 N–H and O–H groups in total. The Bertz CT molecular complexity index is 540. The summed E-state index contributed by atoms with van der Waals surface area (Å²) < 4.78 is 12.9. The van der Waals surface area contributed by atoms with Crippen LogP contribution in [0.15, 0.2) is 24.3 Å². The van der Waals surface area contributed by atoms with Gasteiger partial charge in [-0.25, -0.2) is 4.39 Å². The number of benzene rings is 1. The molecule has 76 valence electrons. The number of Topliss-reactive ketones (excluding diaryl/α,β-unsaturated/α-hetero) is 1. The molecule has 0 unspecified atom stereocenters. The Morgan fingerprint density at radius 1 is 1.33 bits per heavy atom. The zero-order valence-electron chi connectivity index (χ0n) is 8.09. The molecule has 1 aromatic carbocycles. The number of aromatic nitrogens is 1. The Hall–Kier alpha value is -1.64. The van der Waals surface area contributed by atoms with Gasteiger partial charge in [-0.15, -0.1) is 0 Å². The number of hydrogen-bond acceptors (Lipinski definition) is 1. The summed E-state index contributed by atoms with van der Waals surface area (Å²) in [7, 11) is 0. The highest BCUT2D eigenvalue weighted by molar-refractivity contribution is 6.01. The number of carbonyl (C=O) groups excluding carboxylic acids is 1. The second kappa shape index (κ2) is 2.92.